The highest BCUT2D eigenvalue weighted by atomic mass is 79.9. The summed E-state index contributed by atoms with van der Waals surface area (Å²) in [6, 6.07) is 9.98. The first-order valence-corrected chi connectivity index (χ1v) is 6.07. The monoisotopic (exact) mass is 280 g/mol. The molecule has 2 heteroatoms. The molecule has 1 rings (SSSR count). The Hall–Kier alpha value is -0.860. The van der Waals surface area contributed by atoms with Crippen LogP contribution in [0.5, 0.6) is 0 Å². The molecule has 86 valence electrons. The van der Waals surface area contributed by atoms with Crippen LogP contribution < -0.4 is 0 Å². The fourth-order valence-electron chi connectivity index (χ4n) is 1.46. The van der Waals surface area contributed by atoms with Gasteiger partial charge in [0, 0.05) is 5.92 Å². The number of benzene rings is 1. The molecule has 0 aromatic heterocycles. The van der Waals surface area contributed by atoms with Crippen LogP contribution in [0.3, 0.4) is 0 Å². The van der Waals surface area contributed by atoms with Crippen molar-refractivity contribution in [1.29, 1.82) is 0 Å². The molecule has 0 saturated heterocycles. The van der Waals surface area contributed by atoms with Gasteiger partial charge in [-0.2, -0.15) is 0 Å². The molecule has 0 bridgehead atoms. The van der Waals surface area contributed by atoms with Crippen molar-refractivity contribution in [3.05, 3.63) is 52.5 Å². The van der Waals surface area contributed by atoms with Crippen LogP contribution in [0, 0.1) is 5.92 Å². The predicted octanol–water partition coefficient (Wildman–Crippen LogP) is 4.00. The van der Waals surface area contributed by atoms with Crippen molar-refractivity contribution >= 4 is 22.0 Å². The van der Waals surface area contributed by atoms with Gasteiger partial charge in [-0.1, -0.05) is 65.8 Å². The average Bonchev–Trinajstić information content (AvgIpc) is 2.28. The second-order valence-corrected chi connectivity index (χ2v) is 5.00. The van der Waals surface area contributed by atoms with Gasteiger partial charge in [-0.25, -0.2) is 0 Å². The molecule has 2 atom stereocenters. The number of rotatable bonds is 4. The molecule has 0 aliphatic carbocycles. The van der Waals surface area contributed by atoms with E-state index >= 15 is 0 Å². The lowest BCUT2D eigenvalue weighted by Crippen LogP contribution is -2.18. The smallest absolute Gasteiger partial charge is 0.0821 e. The molecule has 1 aromatic carbocycles. The zero-order valence-corrected chi connectivity index (χ0v) is 11.2. The molecule has 0 aliphatic rings. The minimum Gasteiger partial charge on any atom is -0.388 e. The number of hydrogen-bond donors (Lipinski definition) is 1. The Kier molecular flexibility index (Phi) is 4.97. The summed E-state index contributed by atoms with van der Waals surface area (Å²) in [4.78, 5) is 0. The van der Waals surface area contributed by atoms with Gasteiger partial charge in [-0.3, -0.25) is 0 Å². The molecule has 0 amide bonds. The molecule has 0 saturated carbocycles. The van der Waals surface area contributed by atoms with Crippen molar-refractivity contribution in [2.24, 2.45) is 5.92 Å². The average molecular weight is 281 g/mol. The first-order valence-electron chi connectivity index (χ1n) is 5.28. The molecule has 0 unspecified atom stereocenters. The van der Waals surface area contributed by atoms with Gasteiger partial charge < -0.3 is 5.11 Å². The van der Waals surface area contributed by atoms with Gasteiger partial charge in [0.25, 0.3) is 0 Å². The minimum absolute atomic E-state index is 0.0139. The largest absolute Gasteiger partial charge is 0.388 e. The Morgan fingerprint density at radius 1 is 1.38 bits per heavy atom. The van der Waals surface area contributed by atoms with Crippen LogP contribution >= 0.6 is 15.9 Å². The Morgan fingerprint density at radius 3 is 2.44 bits per heavy atom. The molecule has 1 nitrogen and oxygen atoms in total. The molecule has 16 heavy (non-hydrogen) atoms. The van der Waals surface area contributed by atoms with Gasteiger partial charge in [-0.15, -0.1) is 0 Å². The molecular formula is C14H17BrO. The maximum absolute atomic E-state index is 10.1. The Morgan fingerprint density at radius 2 is 1.94 bits per heavy atom. The second-order valence-electron chi connectivity index (χ2n) is 3.98. The lowest BCUT2D eigenvalue weighted by molar-refractivity contribution is 0.173. The van der Waals surface area contributed by atoms with E-state index in [-0.39, 0.29) is 5.92 Å². The Labute approximate surface area is 106 Å². The van der Waals surface area contributed by atoms with E-state index < -0.39 is 6.10 Å². The summed E-state index contributed by atoms with van der Waals surface area (Å²) in [5.41, 5.74) is 2.05. The maximum atomic E-state index is 10.1. The van der Waals surface area contributed by atoms with Gasteiger partial charge >= 0.3 is 0 Å². The van der Waals surface area contributed by atoms with Gasteiger partial charge in [0.2, 0.25) is 0 Å². The summed E-state index contributed by atoms with van der Waals surface area (Å²) in [6.07, 6.45) is 1.50. The molecule has 1 N–H and O–H groups in total. The number of halogens is 1. The normalized spacial score (nSPS) is 15.6. The van der Waals surface area contributed by atoms with Gasteiger partial charge in [-0.05, 0) is 22.5 Å². The van der Waals surface area contributed by atoms with Gasteiger partial charge in [0.15, 0.2) is 0 Å². The number of hydrogen-bond acceptors (Lipinski definition) is 1. The van der Waals surface area contributed by atoms with Crippen molar-refractivity contribution in [2.45, 2.75) is 20.0 Å². The van der Waals surface area contributed by atoms with E-state index in [9.17, 15) is 5.11 Å². The molecule has 0 fully saturated rings. The zero-order chi connectivity index (χ0) is 12.1. The lowest BCUT2D eigenvalue weighted by Gasteiger charge is -2.18. The third kappa shape index (κ3) is 3.62. The van der Waals surface area contributed by atoms with Crippen molar-refractivity contribution in [1.82, 2.24) is 0 Å². The molecule has 1 aromatic rings. The quantitative estimate of drug-likeness (QED) is 0.884. The fourth-order valence-corrected chi connectivity index (χ4v) is 1.71. The Bertz CT molecular complexity index is 381. The first kappa shape index (κ1) is 13.2. The highest BCUT2D eigenvalue weighted by Gasteiger charge is 2.17. The highest BCUT2D eigenvalue weighted by Crippen LogP contribution is 2.24. The van der Waals surface area contributed by atoms with E-state index in [1.54, 1.807) is 0 Å². The summed E-state index contributed by atoms with van der Waals surface area (Å²) in [5, 5.41) is 10.1. The lowest BCUT2D eigenvalue weighted by atomic mass is 9.97. The van der Waals surface area contributed by atoms with E-state index in [1.165, 1.54) is 0 Å². The summed E-state index contributed by atoms with van der Waals surface area (Å²) in [6.45, 7) is 7.68. The van der Waals surface area contributed by atoms with E-state index in [0.29, 0.717) is 0 Å². The number of aliphatic hydroxyl groups excluding tert-OH is 1. The third-order valence-corrected chi connectivity index (χ3v) is 3.35. The van der Waals surface area contributed by atoms with Crippen LogP contribution in [0.1, 0.15) is 19.4 Å². The van der Waals surface area contributed by atoms with E-state index in [1.807, 2.05) is 50.3 Å². The SMILES string of the molecule is C=C(Br)[C@H](C)[C@H](O)/C(C)=C/c1ccccc1. The van der Waals surface area contributed by atoms with Gasteiger partial charge in [0.1, 0.15) is 0 Å². The van der Waals surface area contributed by atoms with Crippen LogP contribution in [-0.2, 0) is 0 Å². The topological polar surface area (TPSA) is 20.2 Å². The van der Waals surface area contributed by atoms with E-state index in [0.717, 1.165) is 15.6 Å². The Balaban J connectivity index is 2.82. The van der Waals surface area contributed by atoms with Crippen molar-refractivity contribution < 1.29 is 5.11 Å². The fraction of sp³-hybridized carbons (Fsp3) is 0.286. The summed E-state index contributed by atoms with van der Waals surface area (Å²) in [7, 11) is 0. The molecule has 0 aliphatic heterocycles. The van der Waals surface area contributed by atoms with Crippen LogP contribution in [0.25, 0.3) is 6.08 Å². The van der Waals surface area contributed by atoms with Crippen LogP contribution in [0.2, 0.25) is 0 Å². The number of aliphatic hydroxyl groups is 1. The summed E-state index contributed by atoms with van der Waals surface area (Å²) < 4.78 is 0.820. The maximum Gasteiger partial charge on any atom is 0.0821 e. The summed E-state index contributed by atoms with van der Waals surface area (Å²) in [5.74, 6) is 0.0139. The third-order valence-electron chi connectivity index (χ3n) is 2.63. The minimum atomic E-state index is -0.493. The van der Waals surface area contributed by atoms with Crippen molar-refractivity contribution in [2.75, 3.05) is 0 Å². The standard InChI is InChI=1S/C14H17BrO/c1-10(14(16)11(2)12(3)15)9-13-7-5-4-6-8-13/h4-9,11,14,16H,3H2,1-2H3/b10-9+/t11-,14+/m0/s1. The predicted molar refractivity (Wildman–Crippen MR) is 73.3 cm³/mol. The van der Waals surface area contributed by atoms with Crippen LogP contribution in [0.4, 0.5) is 0 Å². The zero-order valence-electron chi connectivity index (χ0n) is 9.65. The van der Waals surface area contributed by atoms with E-state index in [2.05, 4.69) is 22.5 Å². The van der Waals surface area contributed by atoms with E-state index in [4.69, 9.17) is 0 Å². The highest BCUT2D eigenvalue weighted by molar-refractivity contribution is 9.11. The first-order chi connectivity index (χ1) is 7.52. The van der Waals surface area contributed by atoms with Crippen molar-refractivity contribution in [3.8, 4) is 0 Å². The molecule has 0 radical (unpaired) electrons. The van der Waals surface area contributed by atoms with Crippen LogP contribution in [-0.4, -0.2) is 11.2 Å². The second kappa shape index (κ2) is 6.02. The molecule has 0 spiro atoms. The summed E-state index contributed by atoms with van der Waals surface area (Å²) >= 11 is 3.31. The van der Waals surface area contributed by atoms with Crippen molar-refractivity contribution in [3.63, 3.8) is 0 Å². The molecular weight excluding hydrogens is 264 g/mol. The van der Waals surface area contributed by atoms with Gasteiger partial charge in [0.05, 0.1) is 6.10 Å². The van der Waals surface area contributed by atoms with Crippen LogP contribution in [0.15, 0.2) is 47.0 Å². The molecule has 0 heterocycles.